The molecule has 1 atom stereocenters. The van der Waals surface area contributed by atoms with Gasteiger partial charge in [0.25, 0.3) is 0 Å². The Hall–Kier alpha value is -2.74. The second-order valence-electron chi connectivity index (χ2n) is 6.35. The summed E-state index contributed by atoms with van der Waals surface area (Å²) in [6.45, 7) is 2.11. The predicted octanol–water partition coefficient (Wildman–Crippen LogP) is 4.20. The molecule has 2 aliphatic rings. The Morgan fingerprint density at radius 2 is 1.92 bits per heavy atom. The largest absolute Gasteiger partial charge is 0.490 e. The third-order valence-corrected chi connectivity index (χ3v) is 4.82. The lowest BCUT2D eigenvalue weighted by Crippen LogP contribution is -2.23. The van der Waals surface area contributed by atoms with Crippen LogP contribution in [-0.2, 0) is 0 Å². The lowest BCUT2D eigenvalue weighted by molar-refractivity contribution is 0.297. The minimum Gasteiger partial charge on any atom is -0.490 e. The maximum absolute atomic E-state index is 14.0. The van der Waals surface area contributed by atoms with Crippen molar-refractivity contribution < 1.29 is 13.9 Å². The highest BCUT2D eigenvalue weighted by Gasteiger charge is 2.29. The van der Waals surface area contributed by atoms with Gasteiger partial charge in [0.1, 0.15) is 17.4 Å². The number of anilines is 1. The molecule has 4 nitrogen and oxygen atoms in total. The summed E-state index contributed by atoms with van der Waals surface area (Å²) in [5, 5.41) is 9.35. The van der Waals surface area contributed by atoms with Crippen molar-refractivity contribution in [3.05, 3.63) is 53.3 Å². The predicted molar refractivity (Wildman–Crippen MR) is 92.5 cm³/mol. The third kappa shape index (κ3) is 2.89. The molecule has 0 radical (unpaired) electrons. The first-order valence-corrected chi connectivity index (χ1v) is 8.63. The van der Waals surface area contributed by atoms with Crippen molar-refractivity contribution in [3.63, 3.8) is 0 Å². The lowest BCUT2D eigenvalue weighted by Gasteiger charge is -2.28. The van der Waals surface area contributed by atoms with Crippen LogP contribution in [0, 0.1) is 17.1 Å². The van der Waals surface area contributed by atoms with E-state index in [4.69, 9.17) is 9.47 Å². The van der Waals surface area contributed by atoms with Crippen molar-refractivity contribution in [2.75, 3.05) is 24.7 Å². The molecule has 0 spiro atoms. The van der Waals surface area contributed by atoms with Crippen LogP contribution in [0.15, 0.2) is 36.4 Å². The van der Waals surface area contributed by atoms with Crippen molar-refractivity contribution in [3.8, 4) is 17.6 Å². The summed E-state index contributed by atoms with van der Waals surface area (Å²) in [5.74, 6) is 1.07. The van der Waals surface area contributed by atoms with E-state index in [0.29, 0.717) is 18.9 Å². The van der Waals surface area contributed by atoms with E-state index in [9.17, 15) is 9.65 Å². The second kappa shape index (κ2) is 6.64. The number of halogens is 1. The van der Waals surface area contributed by atoms with Gasteiger partial charge >= 0.3 is 0 Å². The third-order valence-electron chi connectivity index (χ3n) is 4.82. The molecule has 0 amide bonds. The van der Waals surface area contributed by atoms with E-state index in [-0.39, 0.29) is 11.6 Å². The second-order valence-corrected chi connectivity index (χ2v) is 6.35. The number of fused-ring (bicyclic) bond motifs is 1. The zero-order valence-electron chi connectivity index (χ0n) is 13.9. The summed E-state index contributed by atoms with van der Waals surface area (Å²) >= 11 is 0. The summed E-state index contributed by atoms with van der Waals surface area (Å²) < 4.78 is 25.5. The van der Waals surface area contributed by atoms with Crippen LogP contribution in [-0.4, -0.2) is 19.8 Å². The number of benzene rings is 2. The normalized spacial score (nSPS) is 19.4. The average Bonchev–Trinajstić information content (AvgIpc) is 2.99. The molecule has 2 heterocycles. The molecule has 2 aromatic carbocycles. The van der Waals surface area contributed by atoms with Gasteiger partial charge in [0, 0.05) is 13.0 Å². The highest BCUT2D eigenvalue weighted by molar-refractivity contribution is 5.62. The molecule has 2 aromatic rings. The van der Waals surface area contributed by atoms with E-state index in [0.717, 1.165) is 42.9 Å². The number of ether oxygens (including phenoxy) is 2. The SMILES string of the molecule is N#Cc1c(F)cccc1N1CCCC1c1ccc2c(c1)OCCCO2. The summed E-state index contributed by atoms with van der Waals surface area (Å²) in [6, 6.07) is 12.9. The molecule has 5 heteroatoms. The lowest BCUT2D eigenvalue weighted by atomic mass is 10.0. The van der Waals surface area contributed by atoms with Crippen molar-refractivity contribution in [1.82, 2.24) is 0 Å². The van der Waals surface area contributed by atoms with Gasteiger partial charge in [0.15, 0.2) is 11.5 Å². The van der Waals surface area contributed by atoms with E-state index >= 15 is 0 Å². The van der Waals surface area contributed by atoms with Gasteiger partial charge < -0.3 is 14.4 Å². The van der Waals surface area contributed by atoms with Gasteiger partial charge in [-0.3, -0.25) is 0 Å². The summed E-state index contributed by atoms with van der Waals surface area (Å²) in [7, 11) is 0. The van der Waals surface area contributed by atoms with Crippen LogP contribution in [0.25, 0.3) is 0 Å². The molecular weight excluding hydrogens is 319 g/mol. The minimum atomic E-state index is -0.468. The highest BCUT2D eigenvalue weighted by atomic mass is 19.1. The Balaban J connectivity index is 1.70. The summed E-state index contributed by atoms with van der Waals surface area (Å²) in [4.78, 5) is 2.13. The highest BCUT2D eigenvalue weighted by Crippen LogP contribution is 2.41. The van der Waals surface area contributed by atoms with Crippen LogP contribution in [0.1, 0.15) is 36.4 Å². The Kier molecular flexibility index (Phi) is 4.19. The van der Waals surface area contributed by atoms with Crippen LogP contribution >= 0.6 is 0 Å². The molecule has 0 N–H and O–H groups in total. The summed E-state index contributed by atoms with van der Waals surface area (Å²) in [6.07, 6.45) is 2.83. The standard InChI is InChI=1S/C20H19FN2O2/c21-16-4-1-5-18(15(16)13-22)23-9-2-6-17(23)14-7-8-19-20(12-14)25-11-3-10-24-19/h1,4-5,7-8,12,17H,2-3,6,9-11H2. The van der Waals surface area contributed by atoms with Gasteiger partial charge in [0.05, 0.1) is 24.9 Å². The first-order valence-electron chi connectivity index (χ1n) is 8.63. The van der Waals surface area contributed by atoms with Crippen molar-refractivity contribution in [2.45, 2.75) is 25.3 Å². The Morgan fingerprint density at radius 3 is 2.76 bits per heavy atom. The van der Waals surface area contributed by atoms with Crippen LogP contribution in [0.4, 0.5) is 10.1 Å². The number of nitrogens with zero attached hydrogens (tertiary/aromatic N) is 2. The van der Waals surface area contributed by atoms with Crippen molar-refractivity contribution in [2.24, 2.45) is 0 Å². The molecule has 1 fully saturated rings. The van der Waals surface area contributed by atoms with Crippen molar-refractivity contribution in [1.29, 1.82) is 5.26 Å². The fourth-order valence-electron chi connectivity index (χ4n) is 3.65. The number of nitriles is 1. The zero-order chi connectivity index (χ0) is 17.2. The topological polar surface area (TPSA) is 45.5 Å². The van der Waals surface area contributed by atoms with Gasteiger partial charge in [-0.1, -0.05) is 12.1 Å². The molecule has 0 aromatic heterocycles. The van der Waals surface area contributed by atoms with Crippen LogP contribution in [0.5, 0.6) is 11.5 Å². The van der Waals surface area contributed by atoms with E-state index in [1.54, 1.807) is 6.07 Å². The van der Waals surface area contributed by atoms with E-state index in [1.165, 1.54) is 6.07 Å². The van der Waals surface area contributed by atoms with Crippen LogP contribution in [0.2, 0.25) is 0 Å². The molecular formula is C20H19FN2O2. The molecule has 0 bridgehead atoms. The Bertz CT molecular complexity index is 831. The number of rotatable bonds is 2. The Labute approximate surface area is 146 Å². The molecule has 2 aliphatic heterocycles. The molecule has 1 saturated heterocycles. The van der Waals surface area contributed by atoms with E-state index in [2.05, 4.69) is 4.90 Å². The first-order chi connectivity index (χ1) is 12.3. The molecule has 0 aliphatic carbocycles. The fraction of sp³-hybridized carbons (Fsp3) is 0.350. The average molecular weight is 338 g/mol. The van der Waals surface area contributed by atoms with E-state index < -0.39 is 5.82 Å². The van der Waals surface area contributed by atoms with Crippen LogP contribution < -0.4 is 14.4 Å². The van der Waals surface area contributed by atoms with Gasteiger partial charge in [-0.2, -0.15) is 5.26 Å². The fourth-order valence-corrected chi connectivity index (χ4v) is 3.65. The van der Waals surface area contributed by atoms with Gasteiger partial charge in [0.2, 0.25) is 0 Å². The molecule has 0 saturated carbocycles. The van der Waals surface area contributed by atoms with Gasteiger partial charge in [-0.05, 0) is 42.7 Å². The molecule has 25 heavy (non-hydrogen) atoms. The monoisotopic (exact) mass is 338 g/mol. The maximum Gasteiger partial charge on any atom is 0.161 e. The molecule has 1 unspecified atom stereocenters. The smallest absolute Gasteiger partial charge is 0.161 e. The van der Waals surface area contributed by atoms with Gasteiger partial charge in [-0.25, -0.2) is 4.39 Å². The first kappa shape index (κ1) is 15.8. The van der Waals surface area contributed by atoms with E-state index in [1.807, 2.05) is 30.3 Å². The number of hydrogen-bond donors (Lipinski definition) is 0. The van der Waals surface area contributed by atoms with Crippen molar-refractivity contribution >= 4 is 5.69 Å². The maximum atomic E-state index is 14.0. The summed E-state index contributed by atoms with van der Waals surface area (Å²) in [5.41, 5.74) is 1.88. The quantitative estimate of drug-likeness (QED) is 0.823. The van der Waals surface area contributed by atoms with Gasteiger partial charge in [-0.15, -0.1) is 0 Å². The Morgan fingerprint density at radius 1 is 1.08 bits per heavy atom. The number of hydrogen-bond acceptors (Lipinski definition) is 4. The molecule has 4 rings (SSSR count). The minimum absolute atomic E-state index is 0.103. The molecule has 128 valence electrons. The zero-order valence-corrected chi connectivity index (χ0v) is 13.9. The van der Waals surface area contributed by atoms with Crippen LogP contribution in [0.3, 0.4) is 0 Å².